The van der Waals surface area contributed by atoms with Crippen LogP contribution in [0.1, 0.15) is 121 Å². The number of nitrogens with one attached hydrogen (secondary N) is 8. The number of likely N-dealkylation sites (tertiary alicyclic amines) is 2. The van der Waals surface area contributed by atoms with Gasteiger partial charge < -0.3 is 97.6 Å². The fourth-order valence-corrected chi connectivity index (χ4v) is 11.5. The Bertz CT molecular complexity index is 3010. The van der Waals surface area contributed by atoms with E-state index in [1.165, 1.54) is 45.8 Å². The van der Waals surface area contributed by atoms with Crippen LogP contribution in [0.2, 0.25) is 0 Å². The summed E-state index contributed by atoms with van der Waals surface area (Å²) >= 11 is 1.44. The molecule has 33 heteroatoms. The Morgan fingerprint density at radius 1 is 0.562 bits per heavy atom. The van der Waals surface area contributed by atoms with Crippen molar-refractivity contribution >= 4 is 94.5 Å². The number of carbonyl (C=O) groups excluding carboxylic acids is 13. The fourth-order valence-electron chi connectivity index (χ4n) is 11.0. The van der Waals surface area contributed by atoms with E-state index in [4.69, 9.17) is 40.1 Å². The first kappa shape index (κ1) is 79.3. The Balaban J connectivity index is 1.58. The number of phenols is 1. The van der Waals surface area contributed by atoms with Crippen molar-refractivity contribution in [1.82, 2.24) is 52.3 Å². The van der Waals surface area contributed by atoms with E-state index in [0.717, 1.165) is 0 Å². The number of nitrogens with two attached hydrogens (primary N) is 7. The summed E-state index contributed by atoms with van der Waals surface area (Å²) in [4.78, 5) is 185. The number of guanidine groups is 1. The Kier molecular flexibility index (Phi) is 33.9. The largest absolute Gasteiger partial charge is 0.508 e. The molecule has 0 spiro atoms. The molecule has 4 rings (SSSR count). The van der Waals surface area contributed by atoms with Crippen LogP contribution < -0.4 is 82.7 Å². The number of hydrogen-bond donors (Lipinski definition) is 16. The maximum atomic E-state index is 14.7. The molecule has 2 aliphatic rings. The van der Waals surface area contributed by atoms with Crippen molar-refractivity contribution in [3.05, 3.63) is 65.7 Å². The van der Waals surface area contributed by atoms with Gasteiger partial charge in [-0.3, -0.25) is 67.3 Å². The lowest BCUT2D eigenvalue weighted by molar-refractivity contribution is -0.144. The Morgan fingerprint density at radius 2 is 1.06 bits per heavy atom. The molecule has 32 nitrogen and oxygen atoms in total. The van der Waals surface area contributed by atoms with Gasteiger partial charge in [-0.2, -0.15) is 11.8 Å². The molecule has 10 unspecified atom stereocenters. The smallest absolute Gasteiger partial charge is 0.245 e. The normalized spacial score (nSPS) is 16.8. The predicted octanol–water partition coefficient (Wildman–Crippen LogP) is -4.01. The number of thioether (sulfide) groups is 1. The molecule has 96 heavy (non-hydrogen) atoms. The molecular weight excluding hydrogens is 1260 g/mol. The van der Waals surface area contributed by atoms with Gasteiger partial charge in [0.15, 0.2) is 5.96 Å². The highest BCUT2D eigenvalue weighted by molar-refractivity contribution is 7.98. The fraction of sp³-hybridized carbons (Fsp3) is 0.587. The summed E-state index contributed by atoms with van der Waals surface area (Å²) in [5.41, 5.74) is 40.4. The highest BCUT2D eigenvalue weighted by Crippen LogP contribution is 2.24. The summed E-state index contributed by atoms with van der Waals surface area (Å²) in [6.07, 6.45) is 2.80. The minimum Gasteiger partial charge on any atom is -0.508 e. The Labute approximate surface area is 562 Å². The van der Waals surface area contributed by atoms with Gasteiger partial charge in [0.1, 0.15) is 60.1 Å². The number of phenolic OH excluding ortho intramolecular Hbond substituents is 1. The lowest BCUT2D eigenvalue weighted by Crippen LogP contribution is -2.60. The molecule has 2 aliphatic heterocycles. The molecule has 2 aromatic carbocycles. The van der Waals surface area contributed by atoms with Gasteiger partial charge in [0.2, 0.25) is 76.8 Å². The molecule has 23 N–H and O–H groups in total. The summed E-state index contributed by atoms with van der Waals surface area (Å²) in [6.45, 7) is 3.77. The average Bonchev–Trinajstić information content (AvgIpc) is 1.63. The van der Waals surface area contributed by atoms with Gasteiger partial charge in [-0.05, 0) is 131 Å². The van der Waals surface area contributed by atoms with Gasteiger partial charge in [0, 0.05) is 45.3 Å². The number of aliphatic imine (C=N–C) groups is 1. The minimum absolute atomic E-state index is 0.0642. The zero-order chi connectivity index (χ0) is 71.0. The lowest BCUT2D eigenvalue weighted by Gasteiger charge is -2.32. The van der Waals surface area contributed by atoms with Crippen molar-refractivity contribution in [2.24, 2.45) is 51.0 Å². The van der Waals surface area contributed by atoms with E-state index in [2.05, 4.69) is 47.5 Å². The van der Waals surface area contributed by atoms with E-state index < -0.39 is 169 Å². The second kappa shape index (κ2) is 41.0. The number of carbonyl (C=O) groups is 13. The van der Waals surface area contributed by atoms with Crippen molar-refractivity contribution in [2.75, 3.05) is 44.7 Å². The number of amides is 13. The van der Waals surface area contributed by atoms with E-state index in [1.807, 2.05) is 20.1 Å². The first-order valence-corrected chi connectivity index (χ1v) is 33.7. The monoisotopic (exact) mass is 1360 g/mol. The highest BCUT2D eigenvalue weighted by atomic mass is 32.2. The third-order valence-corrected chi connectivity index (χ3v) is 16.8. The molecule has 0 radical (unpaired) electrons. The SMILES string of the molecule is CSCCC(NC(=O)C(CC(C)C)NC(=O)CNC(=O)C(Cc1ccc(O)cc1)NC(=O)C(Cc1ccccc1)NC(=O)C(CCC(N)=O)NC(=O)C(CCC(N)=O)NC(=O)C1CCCN1C(=O)C(CCCCN)NC(=O)C1CCCN1C(=O)C(N)CCCN=C(N)N)C(N)=O. The molecule has 2 saturated heterocycles. The molecule has 0 aliphatic carbocycles. The summed E-state index contributed by atoms with van der Waals surface area (Å²) < 4.78 is 0. The van der Waals surface area contributed by atoms with Crippen LogP contribution in [0, 0.1) is 5.92 Å². The van der Waals surface area contributed by atoms with Gasteiger partial charge in [0.25, 0.3) is 0 Å². The molecule has 530 valence electrons. The molecule has 0 saturated carbocycles. The van der Waals surface area contributed by atoms with Crippen LogP contribution in [-0.4, -0.2) is 203 Å². The van der Waals surface area contributed by atoms with Crippen LogP contribution in [-0.2, 0) is 75.2 Å². The Morgan fingerprint density at radius 3 is 1.59 bits per heavy atom. The number of benzene rings is 2. The van der Waals surface area contributed by atoms with Gasteiger partial charge >= 0.3 is 0 Å². The number of unbranched alkanes of at least 4 members (excludes halogenated alkanes) is 1. The number of aromatic hydroxyl groups is 1. The quantitative estimate of drug-likeness (QED) is 0.0171. The molecule has 10 atom stereocenters. The molecule has 0 bridgehead atoms. The zero-order valence-electron chi connectivity index (χ0n) is 54.9. The zero-order valence-corrected chi connectivity index (χ0v) is 55.7. The average molecular weight is 1360 g/mol. The summed E-state index contributed by atoms with van der Waals surface area (Å²) in [5.74, 6) is -10.2. The van der Waals surface area contributed by atoms with E-state index in [1.54, 1.807) is 30.3 Å². The van der Waals surface area contributed by atoms with Crippen LogP contribution in [0.3, 0.4) is 0 Å². The predicted molar refractivity (Wildman–Crippen MR) is 357 cm³/mol. The van der Waals surface area contributed by atoms with Crippen LogP contribution in [0.15, 0.2) is 59.6 Å². The van der Waals surface area contributed by atoms with Crippen molar-refractivity contribution < 1.29 is 67.4 Å². The van der Waals surface area contributed by atoms with Crippen molar-refractivity contribution in [2.45, 2.75) is 183 Å². The number of hydrogen-bond acceptors (Lipinski definition) is 18. The van der Waals surface area contributed by atoms with Gasteiger partial charge in [0.05, 0.1) is 12.6 Å². The van der Waals surface area contributed by atoms with Crippen molar-refractivity contribution in [3.63, 3.8) is 0 Å². The summed E-state index contributed by atoms with van der Waals surface area (Å²) in [7, 11) is 0. The Hall–Kier alpha value is -9.11. The molecule has 2 fully saturated rings. The van der Waals surface area contributed by atoms with Crippen LogP contribution in [0.4, 0.5) is 0 Å². The maximum absolute atomic E-state index is 14.7. The third-order valence-electron chi connectivity index (χ3n) is 16.1. The van der Waals surface area contributed by atoms with Crippen molar-refractivity contribution in [3.8, 4) is 5.75 Å². The second-order valence-corrected chi connectivity index (χ2v) is 25.3. The van der Waals surface area contributed by atoms with Crippen LogP contribution in [0.5, 0.6) is 5.75 Å². The topological polar surface area (TPSA) is 539 Å². The van der Waals surface area contributed by atoms with E-state index in [0.29, 0.717) is 55.4 Å². The molecular formula is C63H98N18O14S. The van der Waals surface area contributed by atoms with Gasteiger partial charge in [-0.15, -0.1) is 0 Å². The maximum Gasteiger partial charge on any atom is 0.245 e. The van der Waals surface area contributed by atoms with Crippen LogP contribution >= 0.6 is 11.8 Å². The number of primary amides is 3. The molecule has 2 aromatic rings. The number of rotatable bonds is 42. The second-order valence-electron chi connectivity index (χ2n) is 24.3. The van der Waals surface area contributed by atoms with E-state index in [9.17, 15) is 67.4 Å². The van der Waals surface area contributed by atoms with Gasteiger partial charge in [-0.1, -0.05) is 56.3 Å². The first-order valence-electron chi connectivity index (χ1n) is 32.3. The lowest BCUT2D eigenvalue weighted by atomic mass is 10.0. The molecule has 2 heterocycles. The van der Waals surface area contributed by atoms with E-state index in [-0.39, 0.29) is 88.8 Å². The van der Waals surface area contributed by atoms with Gasteiger partial charge in [-0.25, -0.2) is 0 Å². The third kappa shape index (κ3) is 27.3. The standard InChI is InChI=1S/C63H98N18O14S/c1-36(2)32-45(57(90)74-41(53(68)86)26-31-96-3)73-52(85)35-72-54(87)46(34-38-18-20-39(82)21-19-38)78-58(91)47(33-37-12-5-4-6-13-37)79-56(89)42(22-24-50(66)83)75-55(88)43(23-25-51(67)84)76-59(92)49-17-11-30-81(49)62(95)44(15-7-8-27-64)77-60(93)48-16-10-29-80(48)61(94)40(65)14-9-28-71-63(69)70/h4-6,12-13,18-21,36,40-49,82H,7-11,14-17,22-35,64-65H2,1-3H3,(H2,66,83)(H2,67,84)(H2,68,86)(H,72,87)(H,73,85)(H,74,90)(H,75,88)(H,76,92)(H,77,93)(H,78,91)(H,79,89)(H4,69,70,71). The molecule has 13 amide bonds. The van der Waals surface area contributed by atoms with Crippen molar-refractivity contribution in [1.29, 1.82) is 0 Å². The number of nitrogens with zero attached hydrogens (tertiary/aromatic N) is 3. The van der Waals surface area contributed by atoms with Crippen LogP contribution in [0.25, 0.3) is 0 Å². The molecule has 0 aromatic heterocycles. The highest BCUT2D eigenvalue weighted by Gasteiger charge is 2.42. The summed E-state index contributed by atoms with van der Waals surface area (Å²) in [6, 6.07) is 1.28. The van der Waals surface area contributed by atoms with E-state index >= 15 is 0 Å². The minimum atomic E-state index is -1.67. The summed E-state index contributed by atoms with van der Waals surface area (Å²) in [5, 5.41) is 31.0. The first-order chi connectivity index (χ1) is 45.6.